The maximum atomic E-state index is 12.5. The maximum Gasteiger partial charge on any atom is 0.343 e. The molecule has 0 aliphatic rings. The van der Waals surface area contributed by atoms with Gasteiger partial charge in [0.1, 0.15) is 12.4 Å². The average molecular weight is 147 g/mol. The van der Waals surface area contributed by atoms with Gasteiger partial charge >= 0.3 is 11.7 Å². The van der Waals surface area contributed by atoms with Crippen LogP contribution >= 0.6 is 0 Å². The fraction of sp³-hybridized carbons (Fsp3) is 0.500. The van der Waals surface area contributed by atoms with Gasteiger partial charge in [-0.1, -0.05) is 0 Å². The van der Waals surface area contributed by atoms with E-state index in [2.05, 4.69) is 4.98 Å². The molecule has 56 valence electrons. The van der Waals surface area contributed by atoms with Gasteiger partial charge in [0, 0.05) is 6.92 Å². The number of hydrogen-bond acceptors (Lipinski definition) is 0. The lowest BCUT2D eigenvalue weighted by atomic mass is 10.4. The minimum absolute atomic E-state index is 0.0764. The number of H-pyrrole nitrogens is 1. The zero-order valence-electron chi connectivity index (χ0n) is 5.86. The number of nitrogens with one attached hydrogen (secondary N) is 1. The van der Waals surface area contributed by atoms with Crippen LogP contribution in [0.25, 0.3) is 0 Å². The van der Waals surface area contributed by atoms with Gasteiger partial charge in [0.05, 0.1) is 7.05 Å². The minimum atomic E-state index is -2.78. The Morgan fingerprint density at radius 3 is 2.40 bits per heavy atom. The highest BCUT2D eigenvalue weighted by atomic mass is 19.3. The monoisotopic (exact) mass is 147 g/mol. The van der Waals surface area contributed by atoms with Gasteiger partial charge in [0.2, 0.25) is 0 Å². The normalized spacial score (nSPS) is 12.0. The number of halogens is 2. The molecule has 4 heteroatoms. The lowest BCUT2D eigenvalue weighted by Crippen LogP contribution is -2.36. The van der Waals surface area contributed by atoms with Crippen LogP contribution in [0, 0.1) is 0 Å². The molecule has 0 amide bonds. The van der Waals surface area contributed by atoms with Crippen molar-refractivity contribution in [2.45, 2.75) is 12.8 Å². The van der Waals surface area contributed by atoms with E-state index in [4.69, 9.17) is 0 Å². The van der Waals surface area contributed by atoms with E-state index < -0.39 is 5.92 Å². The number of aromatic nitrogens is 2. The van der Waals surface area contributed by atoms with Crippen LogP contribution in [-0.2, 0) is 13.0 Å². The van der Waals surface area contributed by atoms with Gasteiger partial charge in [-0.15, -0.1) is 0 Å². The average Bonchev–Trinajstić information content (AvgIpc) is 2.11. The third-order valence-electron chi connectivity index (χ3n) is 1.29. The molecule has 0 radical (unpaired) electrons. The summed E-state index contributed by atoms with van der Waals surface area (Å²) in [6.45, 7) is 0.860. The van der Waals surface area contributed by atoms with Crippen LogP contribution in [0.3, 0.4) is 0 Å². The summed E-state index contributed by atoms with van der Waals surface area (Å²) < 4.78 is 26.4. The van der Waals surface area contributed by atoms with E-state index in [1.807, 2.05) is 0 Å². The summed E-state index contributed by atoms with van der Waals surface area (Å²) in [6, 6.07) is 0. The number of alkyl halides is 2. The Balaban J connectivity index is 3.05. The third-order valence-corrected chi connectivity index (χ3v) is 1.29. The fourth-order valence-electron chi connectivity index (χ4n) is 0.841. The van der Waals surface area contributed by atoms with E-state index in [1.54, 1.807) is 13.2 Å². The van der Waals surface area contributed by atoms with Gasteiger partial charge in [0.25, 0.3) is 0 Å². The maximum absolute atomic E-state index is 12.5. The number of rotatable bonds is 1. The van der Waals surface area contributed by atoms with Crippen molar-refractivity contribution in [2.75, 3.05) is 0 Å². The number of aryl methyl sites for hydroxylation is 1. The molecule has 10 heavy (non-hydrogen) atoms. The summed E-state index contributed by atoms with van der Waals surface area (Å²) >= 11 is 0. The highest BCUT2D eigenvalue weighted by Gasteiger charge is 2.34. The third kappa shape index (κ3) is 1.15. The van der Waals surface area contributed by atoms with Crippen molar-refractivity contribution >= 4 is 0 Å². The van der Waals surface area contributed by atoms with Crippen molar-refractivity contribution < 1.29 is 13.3 Å². The molecule has 1 aromatic rings. The van der Waals surface area contributed by atoms with E-state index in [1.165, 1.54) is 10.8 Å². The van der Waals surface area contributed by atoms with E-state index in [0.29, 0.717) is 0 Å². The van der Waals surface area contributed by atoms with Gasteiger partial charge in [-0.2, -0.15) is 8.78 Å². The van der Waals surface area contributed by atoms with Crippen molar-refractivity contribution in [1.29, 1.82) is 0 Å². The largest absolute Gasteiger partial charge is 0.343 e. The second kappa shape index (κ2) is 2.04. The van der Waals surface area contributed by atoms with Crippen LogP contribution in [0.1, 0.15) is 12.7 Å². The Kier molecular flexibility index (Phi) is 1.46. The topological polar surface area (TPSA) is 19.7 Å². The minimum Gasteiger partial charge on any atom is -0.242 e. The molecule has 1 N–H and O–H groups in total. The Morgan fingerprint density at radius 2 is 2.20 bits per heavy atom. The lowest BCUT2D eigenvalue weighted by molar-refractivity contribution is -0.686. The van der Waals surface area contributed by atoms with Gasteiger partial charge in [-0.25, -0.2) is 9.55 Å². The fourth-order valence-corrected chi connectivity index (χ4v) is 0.841. The molecule has 1 heterocycles. The van der Waals surface area contributed by atoms with Crippen molar-refractivity contribution in [3.05, 3.63) is 18.2 Å². The number of aromatic amines is 1. The summed E-state index contributed by atoms with van der Waals surface area (Å²) in [5.41, 5.74) is 0. The standard InChI is InChI=1S/C6H8F2N2/c1-6(7,8)5-9-3-4-10(5)2/h3-4H,1-2H3/p+1. The van der Waals surface area contributed by atoms with Crippen molar-refractivity contribution in [2.24, 2.45) is 7.05 Å². The summed E-state index contributed by atoms with van der Waals surface area (Å²) in [4.78, 5) is 2.46. The molecular weight excluding hydrogens is 138 g/mol. The molecule has 0 saturated carbocycles. The molecule has 0 unspecified atom stereocenters. The van der Waals surface area contributed by atoms with E-state index in [-0.39, 0.29) is 5.82 Å². The molecular formula is C6H9F2N2+. The van der Waals surface area contributed by atoms with Gasteiger partial charge < -0.3 is 0 Å². The highest BCUT2D eigenvalue weighted by Crippen LogP contribution is 2.21. The quantitative estimate of drug-likeness (QED) is 0.570. The van der Waals surface area contributed by atoms with Crippen molar-refractivity contribution in [1.82, 2.24) is 4.98 Å². The molecule has 1 rings (SSSR count). The van der Waals surface area contributed by atoms with Crippen molar-refractivity contribution in [3.8, 4) is 0 Å². The smallest absolute Gasteiger partial charge is 0.242 e. The SMILES string of the molecule is C[n+]1cc[nH]c1C(C)(F)F. The predicted octanol–water partition coefficient (Wildman–Crippen LogP) is 0.951. The Bertz CT molecular complexity index is 224. The predicted molar refractivity (Wildman–Crippen MR) is 31.5 cm³/mol. The first-order valence-electron chi connectivity index (χ1n) is 2.93. The second-order valence-corrected chi connectivity index (χ2v) is 2.31. The Morgan fingerprint density at radius 1 is 1.60 bits per heavy atom. The lowest BCUT2D eigenvalue weighted by Gasteiger charge is -2.02. The van der Waals surface area contributed by atoms with Crippen LogP contribution in [-0.4, -0.2) is 4.98 Å². The summed E-state index contributed by atoms with van der Waals surface area (Å²) in [5.74, 6) is -2.86. The van der Waals surface area contributed by atoms with Gasteiger partial charge in [-0.05, 0) is 0 Å². The molecule has 0 bridgehead atoms. The molecule has 1 aromatic heterocycles. The molecule has 0 aliphatic heterocycles. The van der Waals surface area contributed by atoms with Crippen LogP contribution in [0.5, 0.6) is 0 Å². The summed E-state index contributed by atoms with van der Waals surface area (Å²) in [5, 5.41) is 0. The molecule has 0 aromatic carbocycles. The zero-order valence-corrected chi connectivity index (χ0v) is 5.86. The summed E-state index contributed by atoms with van der Waals surface area (Å²) in [6.07, 6.45) is 3.03. The van der Waals surface area contributed by atoms with Crippen LogP contribution < -0.4 is 4.57 Å². The Labute approximate surface area is 57.5 Å². The molecule has 2 nitrogen and oxygen atoms in total. The number of nitrogens with zero attached hydrogens (tertiary/aromatic N) is 1. The molecule has 0 spiro atoms. The molecule has 0 fully saturated rings. The first-order chi connectivity index (χ1) is 4.52. The number of hydrogen-bond donors (Lipinski definition) is 1. The molecule has 0 aliphatic carbocycles. The first-order valence-corrected chi connectivity index (χ1v) is 2.93. The van der Waals surface area contributed by atoms with Crippen molar-refractivity contribution in [3.63, 3.8) is 0 Å². The molecule has 0 saturated heterocycles. The highest BCUT2D eigenvalue weighted by molar-refractivity contribution is 4.85. The van der Waals surface area contributed by atoms with E-state index >= 15 is 0 Å². The molecule has 0 atom stereocenters. The van der Waals surface area contributed by atoms with Crippen LogP contribution in [0.4, 0.5) is 8.78 Å². The zero-order chi connectivity index (χ0) is 7.78. The summed E-state index contributed by atoms with van der Waals surface area (Å²) in [7, 11) is 1.57. The van der Waals surface area contributed by atoms with Crippen LogP contribution in [0.2, 0.25) is 0 Å². The number of imidazole rings is 1. The van der Waals surface area contributed by atoms with Gasteiger partial charge in [0.15, 0.2) is 0 Å². The van der Waals surface area contributed by atoms with Crippen LogP contribution in [0.15, 0.2) is 12.4 Å². The first kappa shape index (κ1) is 7.18. The Hall–Kier alpha value is -0.930. The second-order valence-electron chi connectivity index (χ2n) is 2.31. The van der Waals surface area contributed by atoms with E-state index in [0.717, 1.165) is 6.92 Å². The van der Waals surface area contributed by atoms with E-state index in [9.17, 15) is 8.78 Å². The van der Waals surface area contributed by atoms with Gasteiger partial charge in [-0.3, -0.25) is 0 Å².